The Hall–Kier alpha value is -2.24. The van der Waals surface area contributed by atoms with E-state index in [1.807, 2.05) is 0 Å². The third-order valence-corrected chi connectivity index (χ3v) is 2.96. The molecule has 0 spiro atoms. The number of hydrogen-bond donors (Lipinski definition) is 1. The maximum Gasteiger partial charge on any atom is 0.416 e. The summed E-state index contributed by atoms with van der Waals surface area (Å²) in [6.07, 6.45) is -1.02. The standard InChI is InChI=1S/C16H19F3N2O/c1-4-9-21(10-5-2)14-8-7-12(16(17,18)19)11-13(14)20-15(22)6-3/h4-5,7-8,11H,1-2,6,9-10H2,3H3,(H,20,22). The van der Waals surface area contributed by atoms with E-state index in [0.717, 1.165) is 12.1 Å². The number of carbonyl (C=O) groups excluding carboxylic acids is 1. The number of rotatable bonds is 7. The molecule has 0 aliphatic heterocycles. The van der Waals surface area contributed by atoms with Crippen LogP contribution in [0.4, 0.5) is 24.5 Å². The van der Waals surface area contributed by atoms with Crippen LogP contribution >= 0.6 is 0 Å². The van der Waals surface area contributed by atoms with Crippen molar-refractivity contribution >= 4 is 17.3 Å². The highest BCUT2D eigenvalue weighted by molar-refractivity contribution is 5.94. The first-order chi connectivity index (χ1) is 10.3. The maximum absolute atomic E-state index is 12.9. The summed E-state index contributed by atoms with van der Waals surface area (Å²) in [5, 5.41) is 2.52. The summed E-state index contributed by atoms with van der Waals surface area (Å²) in [6, 6.07) is 3.29. The van der Waals surface area contributed by atoms with Crippen molar-refractivity contribution in [1.82, 2.24) is 0 Å². The zero-order chi connectivity index (χ0) is 16.8. The Morgan fingerprint density at radius 3 is 2.32 bits per heavy atom. The summed E-state index contributed by atoms with van der Waals surface area (Å²) in [7, 11) is 0. The van der Waals surface area contributed by atoms with Gasteiger partial charge in [-0.2, -0.15) is 13.2 Å². The van der Waals surface area contributed by atoms with E-state index >= 15 is 0 Å². The number of amides is 1. The van der Waals surface area contributed by atoms with Crippen LogP contribution in [0, 0.1) is 0 Å². The van der Waals surface area contributed by atoms with Gasteiger partial charge in [0.1, 0.15) is 0 Å². The molecule has 0 saturated heterocycles. The third-order valence-electron chi connectivity index (χ3n) is 2.96. The molecule has 1 amide bonds. The topological polar surface area (TPSA) is 32.3 Å². The molecule has 0 unspecified atom stereocenters. The quantitative estimate of drug-likeness (QED) is 0.764. The maximum atomic E-state index is 12.9. The summed E-state index contributed by atoms with van der Waals surface area (Å²) in [6.45, 7) is 9.74. The molecule has 1 aromatic carbocycles. The predicted octanol–water partition coefficient (Wildman–Crippen LogP) is 4.23. The fourth-order valence-electron chi connectivity index (χ4n) is 1.91. The molecular weight excluding hydrogens is 293 g/mol. The second kappa shape index (κ2) is 7.68. The zero-order valence-electron chi connectivity index (χ0n) is 12.4. The van der Waals surface area contributed by atoms with Crippen LogP contribution in [0.15, 0.2) is 43.5 Å². The van der Waals surface area contributed by atoms with Gasteiger partial charge in [-0.25, -0.2) is 0 Å². The minimum Gasteiger partial charge on any atom is -0.362 e. The van der Waals surface area contributed by atoms with E-state index in [-0.39, 0.29) is 18.0 Å². The Morgan fingerprint density at radius 1 is 1.27 bits per heavy atom. The Bertz CT molecular complexity index is 543. The molecule has 6 heteroatoms. The molecule has 1 rings (SSSR count). The molecule has 0 saturated carbocycles. The summed E-state index contributed by atoms with van der Waals surface area (Å²) >= 11 is 0. The fraction of sp³-hybridized carbons (Fsp3) is 0.312. The molecule has 0 heterocycles. The van der Waals surface area contributed by atoms with Crippen LogP contribution in [0.1, 0.15) is 18.9 Å². The van der Waals surface area contributed by atoms with Crippen LogP contribution in [0.5, 0.6) is 0 Å². The lowest BCUT2D eigenvalue weighted by Crippen LogP contribution is -2.25. The van der Waals surface area contributed by atoms with E-state index in [9.17, 15) is 18.0 Å². The molecule has 22 heavy (non-hydrogen) atoms. The summed E-state index contributed by atoms with van der Waals surface area (Å²) in [5.74, 6) is -0.349. The lowest BCUT2D eigenvalue weighted by atomic mass is 10.1. The van der Waals surface area contributed by atoms with Gasteiger partial charge >= 0.3 is 6.18 Å². The molecule has 1 N–H and O–H groups in total. The summed E-state index contributed by atoms with van der Waals surface area (Å²) in [5.41, 5.74) is -0.181. The highest BCUT2D eigenvalue weighted by atomic mass is 19.4. The number of halogens is 3. The van der Waals surface area contributed by atoms with Gasteiger partial charge in [-0.15, -0.1) is 13.2 Å². The summed E-state index contributed by atoms with van der Waals surface area (Å²) in [4.78, 5) is 13.4. The smallest absolute Gasteiger partial charge is 0.362 e. The highest BCUT2D eigenvalue weighted by Crippen LogP contribution is 2.35. The van der Waals surface area contributed by atoms with E-state index < -0.39 is 11.7 Å². The van der Waals surface area contributed by atoms with Crippen molar-refractivity contribution in [2.24, 2.45) is 0 Å². The van der Waals surface area contributed by atoms with Crippen molar-refractivity contribution in [2.45, 2.75) is 19.5 Å². The summed E-state index contributed by atoms with van der Waals surface area (Å²) < 4.78 is 38.6. The Labute approximate surface area is 128 Å². The first kappa shape index (κ1) is 17.8. The SMILES string of the molecule is C=CCN(CC=C)c1ccc(C(F)(F)F)cc1NC(=O)CC. The molecule has 0 bridgehead atoms. The van der Waals surface area contributed by atoms with Gasteiger partial charge in [-0.3, -0.25) is 4.79 Å². The number of alkyl halides is 3. The van der Waals surface area contributed by atoms with Gasteiger partial charge in [0.25, 0.3) is 0 Å². The average molecular weight is 312 g/mol. The van der Waals surface area contributed by atoms with E-state index in [1.165, 1.54) is 6.07 Å². The number of nitrogens with zero attached hydrogens (tertiary/aromatic N) is 1. The van der Waals surface area contributed by atoms with Crippen molar-refractivity contribution in [2.75, 3.05) is 23.3 Å². The van der Waals surface area contributed by atoms with Crippen molar-refractivity contribution in [3.63, 3.8) is 0 Å². The van der Waals surface area contributed by atoms with Gasteiger partial charge in [0.05, 0.1) is 16.9 Å². The molecule has 120 valence electrons. The Balaban J connectivity index is 3.31. The van der Waals surface area contributed by atoms with E-state index in [0.29, 0.717) is 18.8 Å². The molecule has 0 radical (unpaired) electrons. The number of anilines is 2. The van der Waals surface area contributed by atoms with Gasteiger partial charge < -0.3 is 10.2 Å². The predicted molar refractivity (Wildman–Crippen MR) is 83.0 cm³/mol. The lowest BCUT2D eigenvalue weighted by molar-refractivity contribution is -0.137. The van der Waals surface area contributed by atoms with Crippen molar-refractivity contribution < 1.29 is 18.0 Å². The zero-order valence-corrected chi connectivity index (χ0v) is 12.4. The van der Waals surface area contributed by atoms with Crippen molar-refractivity contribution in [3.05, 3.63) is 49.1 Å². The molecular formula is C16H19F3N2O. The average Bonchev–Trinajstić information content (AvgIpc) is 2.46. The van der Waals surface area contributed by atoms with Gasteiger partial charge in [-0.1, -0.05) is 19.1 Å². The first-order valence-corrected chi connectivity index (χ1v) is 6.81. The molecule has 0 aromatic heterocycles. The minimum atomic E-state index is -4.47. The second-order valence-electron chi connectivity index (χ2n) is 4.61. The fourth-order valence-corrected chi connectivity index (χ4v) is 1.91. The molecule has 1 aromatic rings. The number of nitrogens with one attached hydrogen (secondary N) is 1. The lowest BCUT2D eigenvalue weighted by Gasteiger charge is -2.25. The Morgan fingerprint density at radius 2 is 1.86 bits per heavy atom. The number of hydrogen-bond acceptors (Lipinski definition) is 2. The van der Waals surface area contributed by atoms with Gasteiger partial charge in [0, 0.05) is 19.5 Å². The normalized spacial score (nSPS) is 10.9. The van der Waals surface area contributed by atoms with Crippen molar-refractivity contribution in [3.8, 4) is 0 Å². The molecule has 0 aliphatic carbocycles. The van der Waals surface area contributed by atoms with Crippen LogP contribution in [0.2, 0.25) is 0 Å². The van der Waals surface area contributed by atoms with E-state index in [4.69, 9.17) is 0 Å². The van der Waals surface area contributed by atoms with Gasteiger partial charge in [0.15, 0.2) is 0 Å². The largest absolute Gasteiger partial charge is 0.416 e. The van der Waals surface area contributed by atoms with Crippen LogP contribution < -0.4 is 10.2 Å². The monoisotopic (exact) mass is 312 g/mol. The minimum absolute atomic E-state index is 0.130. The van der Waals surface area contributed by atoms with Crippen molar-refractivity contribution in [1.29, 1.82) is 0 Å². The molecule has 0 aliphatic rings. The van der Waals surface area contributed by atoms with Crippen LogP contribution in [-0.2, 0) is 11.0 Å². The van der Waals surface area contributed by atoms with Gasteiger partial charge in [-0.05, 0) is 18.2 Å². The highest BCUT2D eigenvalue weighted by Gasteiger charge is 2.31. The molecule has 3 nitrogen and oxygen atoms in total. The van der Waals surface area contributed by atoms with E-state index in [2.05, 4.69) is 18.5 Å². The van der Waals surface area contributed by atoms with Gasteiger partial charge in [0.2, 0.25) is 5.91 Å². The van der Waals surface area contributed by atoms with E-state index in [1.54, 1.807) is 24.0 Å². The number of benzene rings is 1. The Kier molecular flexibility index (Phi) is 6.22. The van der Waals surface area contributed by atoms with Crippen LogP contribution in [0.25, 0.3) is 0 Å². The van der Waals surface area contributed by atoms with Crippen LogP contribution in [0.3, 0.4) is 0 Å². The number of carbonyl (C=O) groups is 1. The van der Waals surface area contributed by atoms with Crippen LogP contribution in [-0.4, -0.2) is 19.0 Å². The first-order valence-electron chi connectivity index (χ1n) is 6.81. The third kappa shape index (κ3) is 4.65. The second-order valence-corrected chi connectivity index (χ2v) is 4.61. The molecule has 0 fully saturated rings. The molecule has 0 atom stereocenters.